The minimum absolute atomic E-state index is 0.0603. The molecule has 0 heterocycles. The van der Waals surface area contributed by atoms with E-state index in [-0.39, 0.29) is 16.5 Å². The highest BCUT2D eigenvalue weighted by Gasteiger charge is 2.13. The summed E-state index contributed by atoms with van der Waals surface area (Å²) >= 11 is 20.7. The average molecular weight is 395 g/mol. The molecule has 0 aromatic heterocycles. The first-order valence-corrected chi connectivity index (χ1v) is 7.25. The molecule has 20 heavy (non-hydrogen) atoms. The number of halogens is 4. The van der Waals surface area contributed by atoms with E-state index >= 15 is 0 Å². The molecule has 0 aliphatic heterocycles. The van der Waals surface area contributed by atoms with Crippen LogP contribution in [0.15, 0.2) is 34.8 Å². The number of aromatic hydroxyl groups is 1. The molecule has 104 valence electrons. The van der Waals surface area contributed by atoms with Crippen molar-refractivity contribution in [3.05, 3.63) is 55.4 Å². The van der Waals surface area contributed by atoms with E-state index in [1.54, 1.807) is 18.2 Å². The Balaban J connectivity index is 2.30. The Kier molecular flexibility index (Phi) is 4.81. The molecule has 0 saturated heterocycles. The van der Waals surface area contributed by atoms with E-state index in [2.05, 4.69) is 21.2 Å². The quantitative estimate of drug-likeness (QED) is 0.672. The summed E-state index contributed by atoms with van der Waals surface area (Å²) in [6, 6.07) is 7.51. The molecule has 0 bridgehead atoms. The van der Waals surface area contributed by atoms with E-state index in [0.29, 0.717) is 20.1 Å². The summed E-state index contributed by atoms with van der Waals surface area (Å²) in [5.41, 5.74) is 0.510. The van der Waals surface area contributed by atoms with Crippen LogP contribution < -0.4 is 5.32 Å². The fourth-order valence-corrected chi connectivity index (χ4v) is 2.48. The van der Waals surface area contributed by atoms with Gasteiger partial charge in [0, 0.05) is 15.1 Å². The van der Waals surface area contributed by atoms with Crippen LogP contribution in [0.4, 0.5) is 5.69 Å². The standard InChI is InChI=1S/C13H7BrCl3NO2/c14-8-3-6(1-2-9(8)16)13(20)18-11-5-7(15)4-10(17)12(11)19/h1-5,19H,(H,18,20). The van der Waals surface area contributed by atoms with Gasteiger partial charge < -0.3 is 10.4 Å². The smallest absolute Gasteiger partial charge is 0.255 e. The second-order valence-electron chi connectivity index (χ2n) is 3.87. The molecule has 1 amide bonds. The zero-order chi connectivity index (χ0) is 14.9. The molecular weight excluding hydrogens is 388 g/mol. The van der Waals surface area contributed by atoms with Crippen LogP contribution in [0.1, 0.15) is 10.4 Å². The third-order valence-electron chi connectivity index (χ3n) is 2.46. The summed E-state index contributed by atoms with van der Waals surface area (Å²) in [7, 11) is 0. The van der Waals surface area contributed by atoms with Gasteiger partial charge in [-0.05, 0) is 46.3 Å². The number of phenolic OH excluding ortho intramolecular Hbond substituents is 1. The molecule has 2 rings (SSSR count). The minimum Gasteiger partial charge on any atom is -0.504 e. The lowest BCUT2D eigenvalue weighted by Gasteiger charge is -2.09. The molecule has 3 nitrogen and oxygen atoms in total. The van der Waals surface area contributed by atoms with Gasteiger partial charge in [-0.15, -0.1) is 0 Å². The lowest BCUT2D eigenvalue weighted by Crippen LogP contribution is -2.12. The van der Waals surface area contributed by atoms with Gasteiger partial charge in [-0.3, -0.25) is 4.79 Å². The number of carbonyl (C=O) groups is 1. The van der Waals surface area contributed by atoms with Gasteiger partial charge >= 0.3 is 0 Å². The highest BCUT2D eigenvalue weighted by atomic mass is 79.9. The Bertz CT molecular complexity index is 692. The van der Waals surface area contributed by atoms with Gasteiger partial charge in [0.15, 0.2) is 5.75 Å². The van der Waals surface area contributed by atoms with Crippen molar-refractivity contribution in [2.75, 3.05) is 5.32 Å². The molecule has 0 spiro atoms. The Hall–Kier alpha value is -0.940. The summed E-state index contributed by atoms with van der Waals surface area (Å²) in [5.74, 6) is -0.659. The number of carbonyl (C=O) groups excluding carboxylic acids is 1. The molecule has 0 saturated carbocycles. The van der Waals surface area contributed by atoms with Crippen molar-refractivity contribution in [3.8, 4) is 5.75 Å². The first kappa shape index (κ1) is 15.4. The molecule has 2 aromatic rings. The predicted octanol–water partition coefficient (Wildman–Crippen LogP) is 5.37. The Morgan fingerprint density at radius 3 is 2.45 bits per heavy atom. The van der Waals surface area contributed by atoms with Gasteiger partial charge in [0.25, 0.3) is 5.91 Å². The van der Waals surface area contributed by atoms with Gasteiger partial charge in [0.1, 0.15) is 0 Å². The van der Waals surface area contributed by atoms with Gasteiger partial charge in [-0.2, -0.15) is 0 Å². The van der Waals surface area contributed by atoms with E-state index in [4.69, 9.17) is 34.8 Å². The number of nitrogens with one attached hydrogen (secondary N) is 1. The van der Waals surface area contributed by atoms with Crippen LogP contribution >= 0.6 is 50.7 Å². The van der Waals surface area contributed by atoms with E-state index in [1.165, 1.54) is 12.1 Å². The molecule has 0 atom stereocenters. The highest BCUT2D eigenvalue weighted by molar-refractivity contribution is 9.10. The van der Waals surface area contributed by atoms with Gasteiger partial charge in [0.2, 0.25) is 0 Å². The van der Waals surface area contributed by atoms with E-state index in [1.807, 2.05) is 0 Å². The topological polar surface area (TPSA) is 49.3 Å². The monoisotopic (exact) mass is 393 g/mol. The van der Waals surface area contributed by atoms with Crippen molar-refractivity contribution in [3.63, 3.8) is 0 Å². The fourth-order valence-electron chi connectivity index (χ4n) is 1.49. The second kappa shape index (κ2) is 6.22. The molecule has 7 heteroatoms. The minimum atomic E-state index is -0.420. The third-order valence-corrected chi connectivity index (χ3v) is 4.18. The predicted molar refractivity (Wildman–Crippen MR) is 85.2 cm³/mol. The van der Waals surface area contributed by atoms with E-state index < -0.39 is 5.91 Å². The zero-order valence-corrected chi connectivity index (χ0v) is 13.6. The van der Waals surface area contributed by atoms with Gasteiger partial charge in [-0.25, -0.2) is 0 Å². The first-order chi connectivity index (χ1) is 9.38. The summed E-state index contributed by atoms with van der Waals surface area (Å²) in [6.07, 6.45) is 0. The summed E-state index contributed by atoms with van der Waals surface area (Å²) in [4.78, 5) is 12.1. The number of amides is 1. The van der Waals surface area contributed by atoms with Crippen molar-refractivity contribution in [1.29, 1.82) is 0 Å². The van der Waals surface area contributed by atoms with Crippen molar-refractivity contribution < 1.29 is 9.90 Å². The Morgan fingerprint density at radius 2 is 1.80 bits per heavy atom. The fraction of sp³-hybridized carbons (Fsp3) is 0. The van der Waals surface area contributed by atoms with E-state index in [9.17, 15) is 9.90 Å². The maximum absolute atomic E-state index is 12.1. The zero-order valence-electron chi connectivity index (χ0n) is 9.75. The Labute approximate surface area is 138 Å². The molecule has 2 N–H and O–H groups in total. The maximum atomic E-state index is 12.1. The van der Waals surface area contributed by atoms with Crippen LogP contribution in [0.2, 0.25) is 15.1 Å². The third kappa shape index (κ3) is 3.38. The summed E-state index contributed by atoms with van der Waals surface area (Å²) in [6.45, 7) is 0. The molecule has 0 fully saturated rings. The van der Waals surface area contributed by atoms with Crippen LogP contribution in [0.5, 0.6) is 5.75 Å². The lowest BCUT2D eigenvalue weighted by molar-refractivity contribution is 0.102. The summed E-state index contributed by atoms with van der Waals surface area (Å²) in [5, 5.41) is 13.2. The van der Waals surface area contributed by atoms with Gasteiger partial charge in [-0.1, -0.05) is 34.8 Å². The van der Waals surface area contributed by atoms with Crippen LogP contribution in [-0.2, 0) is 0 Å². The molecule has 0 radical (unpaired) electrons. The number of anilines is 1. The average Bonchev–Trinajstić information content (AvgIpc) is 2.38. The van der Waals surface area contributed by atoms with Crippen molar-refractivity contribution in [2.45, 2.75) is 0 Å². The largest absolute Gasteiger partial charge is 0.504 e. The second-order valence-corrected chi connectivity index (χ2v) is 5.97. The van der Waals surface area contributed by atoms with Crippen LogP contribution in [-0.4, -0.2) is 11.0 Å². The first-order valence-electron chi connectivity index (χ1n) is 5.33. The number of benzene rings is 2. The maximum Gasteiger partial charge on any atom is 0.255 e. The highest BCUT2D eigenvalue weighted by Crippen LogP contribution is 2.35. The number of hydrogen-bond acceptors (Lipinski definition) is 2. The van der Waals surface area contributed by atoms with Crippen molar-refractivity contribution in [1.82, 2.24) is 0 Å². The van der Waals surface area contributed by atoms with E-state index in [0.717, 1.165) is 0 Å². The number of phenols is 1. The van der Waals surface area contributed by atoms with Crippen LogP contribution in [0, 0.1) is 0 Å². The Morgan fingerprint density at radius 1 is 1.10 bits per heavy atom. The number of hydrogen-bond donors (Lipinski definition) is 2. The van der Waals surface area contributed by atoms with Crippen molar-refractivity contribution >= 4 is 62.3 Å². The molecule has 0 aliphatic rings. The summed E-state index contributed by atoms with van der Waals surface area (Å²) < 4.78 is 0.597. The van der Waals surface area contributed by atoms with Gasteiger partial charge in [0.05, 0.1) is 15.7 Å². The van der Waals surface area contributed by atoms with Crippen LogP contribution in [0.3, 0.4) is 0 Å². The van der Waals surface area contributed by atoms with Crippen LogP contribution in [0.25, 0.3) is 0 Å². The molecule has 0 unspecified atom stereocenters. The molecule has 0 aliphatic carbocycles. The SMILES string of the molecule is O=C(Nc1cc(Cl)cc(Cl)c1O)c1ccc(Cl)c(Br)c1. The molecular formula is C13H7BrCl3NO2. The lowest BCUT2D eigenvalue weighted by atomic mass is 10.2. The normalized spacial score (nSPS) is 10.4. The number of rotatable bonds is 2. The molecule has 2 aromatic carbocycles. The van der Waals surface area contributed by atoms with Crippen molar-refractivity contribution in [2.24, 2.45) is 0 Å².